The minimum Gasteiger partial charge on any atom is -0.478 e. The van der Waals surface area contributed by atoms with Gasteiger partial charge in [-0.2, -0.15) is 13.2 Å². The fourth-order valence-electron chi connectivity index (χ4n) is 1.65. The molecule has 104 valence electrons. The summed E-state index contributed by atoms with van der Waals surface area (Å²) in [6, 6.07) is 6.22. The number of benzene rings is 1. The Kier molecular flexibility index (Phi) is 3.44. The number of carboxylic acid groups (broad SMARTS) is 1. The molecule has 0 spiro atoms. The van der Waals surface area contributed by atoms with E-state index in [2.05, 4.69) is 4.98 Å². The van der Waals surface area contributed by atoms with E-state index in [1.54, 1.807) is 0 Å². The molecule has 1 aromatic heterocycles. The molecule has 0 saturated heterocycles. The lowest BCUT2D eigenvalue weighted by Gasteiger charge is -2.11. The van der Waals surface area contributed by atoms with Crippen molar-refractivity contribution in [2.45, 2.75) is 6.18 Å². The predicted octanol–water partition coefficient (Wildman–Crippen LogP) is 3.60. The van der Waals surface area contributed by atoms with Gasteiger partial charge in [-0.1, -0.05) is 12.1 Å². The Labute approximate surface area is 110 Å². The Morgan fingerprint density at radius 1 is 1.10 bits per heavy atom. The molecule has 7 heteroatoms. The third kappa shape index (κ3) is 2.61. The van der Waals surface area contributed by atoms with E-state index in [0.29, 0.717) is 6.07 Å². The van der Waals surface area contributed by atoms with Crippen LogP contribution in [0.25, 0.3) is 11.3 Å². The number of nitrogens with zero attached hydrogens (tertiary/aromatic N) is 1. The normalized spacial score (nSPS) is 11.4. The Morgan fingerprint density at radius 2 is 1.75 bits per heavy atom. The van der Waals surface area contributed by atoms with Gasteiger partial charge in [0.2, 0.25) is 0 Å². The zero-order valence-corrected chi connectivity index (χ0v) is 9.78. The highest BCUT2D eigenvalue weighted by atomic mass is 19.4. The van der Waals surface area contributed by atoms with E-state index in [0.717, 1.165) is 12.1 Å². The SMILES string of the molecule is O=C(O)c1ccc(C(F)(F)F)nc1-c1ccccc1F. The minimum absolute atomic E-state index is 0.295. The first-order valence-electron chi connectivity index (χ1n) is 5.37. The number of alkyl halides is 3. The van der Waals surface area contributed by atoms with Crippen LogP contribution in [0.3, 0.4) is 0 Å². The average Bonchev–Trinajstić information content (AvgIpc) is 2.37. The van der Waals surface area contributed by atoms with E-state index in [1.807, 2.05) is 0 Å². The molecule has 0 atom stereocenters. The van der Waals surface area contributed by atoms with Crippen molar-refractivity contribution in [1.29, 1.82) is 0 Å². The summed E-state index contributed by atoms with van der Waals surface area (Å²) in [5.74, 6) is -2.33. The van der Waals surface area contributed by atoms with Crippen molar-refractivity contribution in [3.8, 4) is 11.3 Å². The number of halogens is 4. The molecule has 0 aliphatic rings. The van der Waals surface area contributed by atoms with Gasteiger partial charge >= 0.3 is 12.1 Å². The Balaban J connectivity index is 2.71. The van der Waals surface area contributed by atoms with Crippen molar-refractivity contribution in [1.82, 2.24) is 4.98 Å². The second-order valence-electron chi connectivity index (χ2n) is 3.88. The summed E-state index contributed by atoms with van der Waals surface area (Å²) in [5, 5.41) is 8.97. The number of aromatic carboxylic acids is 1. The number of pyridine rings is 1. The van der Waals surface area contributed by atoms with Crippen molar-refractivity contribution in [3.05, 3.63) is 53.5 Å². The van der Waals surface area contributed by atoms with Gasteiger partial charge in [-0.3, -0.25) is 0 Å². The van der Waals surface area contributed by atoms with Gasteiger partial charge in [0.1, 0.15) is 11.5 Å². The van der Waals surface area contributed by atoms with Crippen molar-refractivity contribution >= 4 is 5.97 Å². The van der Waals surface area contributed by atoms with Crippen LogP contribution >= 0.6 is 0 Å². The highest BCUT2D eigenvalue weighted by molar-refractivity contribution is 5.94. The number of aromatic nitrogens is 1. The first-order valence-corrected chi connectivity index (χ1v) is 5.37. The largest absolute Gasteiger partial charge is 0.478 e. The van der Waals surface area contributed by atoms with E-state index >= 15 is 0 Å². The van der Waals surface area contributed by atoms with Crippen LogP contribution in [0, 0.1) is 5.82 Å². The molecule has 0 amide bonds. The number of carbonyl (C=O) groups is 1. The number of hydrogen-bond donors (Lipinski definition) is 1. The van der Waals surface area contributed by atoms with Crippen molar-refractivity contribution < 1.29 is 27.5 Å². The molecule has 0 bridgehead atoms. The molecular weight excluding hydrogens is 278 g/mol. The second kappa shape index (κ2) is 4.92. The molecule has 0 aliphatic heterocycles. The van der Waals surface area contributed by atoms with Gasteiger partial charge in [0, 0.05) is 5.56 Å². The highest BCUT2D eigenvalue weighted by Gasteiger charge is 2.34. The van der Waals surface area contributed by atoms with Gasteiger partial charge in [-0.05, 0) is 24.3 Å². The van der Waals surface area contributed by atoms with Gasteiger partial charge < -0.3 is 5.11 Å². The molecule has 20 heavy (non-hydrogen) atoms. The van der Waals surface area contributed by atoms with E-state index in [-0.39, 0.29) is 5.56 Å². The molecule has 1 N–H and O–H groups in total. The van der Waals surface area contributed by atoms with Crippen molar-refractivity contribution in [3.63, 3.8) is 0 Å². The van der Waals surface area contributed by atoms with E-state index < -0.39 is 34.9 Å². The van der Waals surface area contributed by atoms with Gasteiger partial charge in [-0.25, -0.2) is 14.2 Å². The smallest absolute Gasteiger partial charge is 0.433 e. The monoisotopic (exact) mass is 285 g/mol. The lowest BCUT2D eigenvalue weighted by Crippen LogP contribution is -2.11. The Hall–Kier alpha value is -2.44. The molecule has 0 saturated carbocycles. The molecule has 2 aromatic rings. The van der Waals surface area contributed by atoms with Crippen LogP contribution < -0.4 is 0 Å². The molecule has 1 aromatic carbocycles. The maximum Gasteiger partial charge on any atom is 0.433 e. The number of carboxylic acids is 1. The van der Waals surface area contributed by atoms with E-state index in [1.165, 1.54) is 18.2 Å². The quantitative estimate of drug-likeness (QED) is 0.858. The summed E-state index contributed by atoms with van der Waals surface area (Å²) in [4.78, 5) is 14.3. The average molecular weight is 285 g/mol. The maximum absolute atomic E-state index is 13.6. The Bertz CT molecular complexity index is 668. The van der Waals surface area contributed by atoms with Gasteiger partial charge in [0.15, 0.2) is 0 Å². The summed E-state index contributed by atoms with van der Waals surface area (Å²) in [7, 11) is 0. The standard InChI is InChI=1S/C13H7F4NO2/c14-9-4-2-1-3-7(9)11-8(12(19)20)5-6-10(18-11)13(15,16)17/h1-6H,(H,19,20). The maximum atomic E-state index is 13.6. The van der Waals surface area contributed by atoms with Gasteiger partial charge in [-0.15, -0.1) is 0 Å². The van der Waals surface area contributed by atoms with Crippen LogP contribution in [0.2, 0.25) is 0 Å². The summed E-state index contributed by atoms with van der Waals surface area (Å²) in [5.41, 5.74) is -2.62. The molecular formula is C13H7F4NO2. The zero-order chi connectivity index (χ0) is 14.9. The van der Waals surface area contributed by atoms with Crippen molar-refractivity contribution in [2.24, 2.45) is 0 Å². The minimum atomic E-state index is -4.74. The van der Waals surface area contributed by atoms with Gasteiger partial charge in [0.25, 0.3) is 0 Å². The fraction of sp³-hybridized carbons (Fsp3) is 0.0769. The third-order valence-electron chi connectivity index (χ3n) is 2.55. The lowest BCUT2D eigenvalue weighted by atomic mass is 10.0. The molecule has 0 fully saturated rings. The second-order valence-corrected chi connectivity index (χ2v) is 3.88. The van der Waals surface area contributed by atoms with Crippen LogP contribution in [0.4, 0.5) is 17.6 Å². The summed E-state index contributed by atoms with van der Waals surface area (Å²) >= 11 is 0. The fourth-order valence-corrected chi connectivity index (χ4v) is 1.65. The first-order chi connectivity index (χ1) is 9.30. The summed E-state index contributed by atoms with van der Waals surface area (Å²) < 4.78 is 51.5. The highest BCUT2D eigenvalue weighted by Crippen LogP contribution is 2.32. The topological polar surface area (TPSA) is 50.2 Å². The van der Waals surface area contributed by atoms with Crippen LogP contribution in [-0.2, 0) is 6.18 Å². The van der Waals surface area contributed by atoms with Crippen LogP contribution in [-0.4, -0.2) is 16.1 Å². The summed E-state index contributed by atoms with van der Waals surface area (Å²) in [6.45, 7) is 0. The molecule has 1 heterocycles. The zero-order valence-electron chi connectivity index (χ0n) is 9.78. The van der Waals surface area contributed by atoms with E-state index in [9.17, 15) is 22.4 Å². The molecule has 0 aliphatic carbocycles. The van der Waals surface area contributed by atoms with Crippen LogP contribution in [0.15, 0.2) is 36.4 Å². The van der Waals surface area contributed by atoms with Crippen LogP contribution in [0.5, 0.6) is 0 Å². The number of rotatable bonds is 2. The molecule has 2 rings (SSSR count). The number of hydrogen-bond acceptors (Lipinski definition) is 2. The molecule has 0 radical (unpaired) electrons. The van der Waals surface area contributed by atoms with Crippen LogP contribution in [0.1, 0.15) is 16.1 Å². The lowest BCUT2D eigenvalue weighted by molar-refractivity contribution is -0.141. The summed E-state index contributed by atoms with van der Waals surface area (Å²) in [6.07, 6.45) is -4.74. The van der Waals surface area contributed by atoms with Crippen molar-refractivity contribution in [2.75, 3.05) is 0 Å². The third-order valence-corrected chi connectivity index (χ3v) is 2.55. The van der Waals surface area contributed by atoms with Gasteiger partial charge in [0.05, 0.1) is 11.3 Å². The Morgan fingerprint density at radius 3 is 2.30 bits per heavy atom. The predicted molar refractivity (Wildman–Crippen MR) is 61.6 cm³/mol. The first kappa shape index (κ1) is 14.0. The van der Waals surface area contributed by atoms with E-state index in [4.69, 9.17) is 5.11 Å². The molecule has 0 unspecified atom stereocenters. The molecule has 3 nitrogen and oxygen atoms in total.